The number of aliphatic hydroxyl groups is 4. The highest BCUT2D eigenvalue weighted by molar-refractivity contribution is 5.76. The quantitative estimate of drug-likeness (QED) is 0.0477. The minimum atomic E-state index is -1.45. The van der Waals surface area contributed by atoms with Crippen LogP contribution in [0.25, 0.3) is 0 Å². The molecule has 3 amide bonds. The van der Waals surface area contributed by atoms with E-state index in [0.29, 0.717) is 25.7 Å². The number of rotatable bonds is 22. The monoisotopic (exact) mass is 1110 g/mol. The molecule has 440 valence electrons. The third kappa shape index (κ3) is 24.8. The maximum atomic E-state index is 12.5. The SMILES string of the molecule is CC(=O)NC1C(O)OC(CO)[C@@H](O)[C@@H]1O.CC(=O)NC1C(OC(C)=O)OC(COC(C)=O)[C@@H](OC(C)=O)[C@@H]1OC(C)=O.CCCC(=O)OCC1OC(OC(=O)CCC)C(NC(C)=O)[C@@H](OC(=O)CCC)[C@@H]1OC(=O)CCC. The van der Waals surface area contributed by atoms with Crippen molar-refractivity contribution < 1.29 is 125 Å². The van der Waals surface area contributed by atoms with Crippen molar-refractivity contribution in [3.8, 4) is 0 Å². The summed E-state index contributed by atoms with van der Waals surface area (Å²) < 4.78 is 58.7. The first kappa shape index (κ1) is 68.9. The number of amides is 3. The van der Waals surface area contributed by atoms with Crippen molar-refractivity contribution in [1.82, 2.24) is 16.0 Å². The number of ether oxygens (including phenoxy) is 11. The molecule has 29 heteroatoms. The van der Waals surface area contributed by atoms with Crippen LogP contribution in [0.1, 0.15) is 128 Å². The van der Waals surface area contributed by atoms with Gasteiger partial charge in [-0.05, 0) is 25.7 Å². The molecule has 3 aliphatic heterocycles. The Balaban J connectivity index is 0.000000622. The Morgan fingerprint density at radius 3 is 1.18 bits per heavy atom. The van der Waals surface area contributed by atoms with Gasteiger partial charge in [0.15, 0.2) is 30.7 Å². The summed E-state index contributed by atoms with van der Waals surface area (Å²) in [6.07, 6.45) is -12.6. The number of carbonyl (C=O) groups excluding carboxylic acids is 11. The van der Waals surface area contributed by atoms with E-state index in [1.807, 2.05) is 6.92 Å². The summed E-state index contributed by atoms with van der Waals surface area (Å²) >= 11 is 0. The Morgan fingerprint density at radius 2 is 0.766 bits per heavy atom. The predicted octanol–water partition coefficient (Wildman–Crippen LogP) is -1.55. The van der Waals surface area contributed by atoms with Crippen LogP contribution in [0.5, 0.6) is 0 Å². The van der Waals surface area contributed by atoms with Gasteiger partial charge in [-0.15, -0.1) is 0 Å². The molecule has 3 heterocycles. The van der Waals surface area contributed by atoms with Crippen molar-refractivity contribution in [3.63, 3.8) is 0 Å². The van der Waals surface area contributed by atoms with Gasteiger partial charge in [0.05, 0.1) is 6.61 Å². The highest BCUT2D eigenvalue weighted by Crippen LogP contribution is 2.30. The van der Waals surface area contributed by atoms with Crippen molar-refractivity contribution in [2.75, 3.05) is 19.8 Å². The van der Waals surface area contributed by atoms with Gasteiger partial charge in [0.25, 0.3) is 0 Å². The van der Waals surface area contributed by atoms with Crippen LogP contribution >= 0.6 is 0 Å². The molecule has 29 nitrogen and oxygen atoms in total. The average molecular weight is 1110 g/mol. The van der Waals surface area contributed by atoms with Gasteiger partial charge >= 0.3 is 47.8 Å². The lowest BCUT2D eigenvalue weighted by atomic mass is 9.95. The van der Waals surface area contributed by atoms with Gasteiger partial charge in [0, 0.05) is 74.1 Å². The molecule has 0 aromatic carbocycles. The minimum absolute atomic E-state index is 0.0796. The second-order valence-electron chi connectivity index (χ2n) is 17.6. The second kappa shape index (κ2) is 35.3. The summed E-state index contributed by atoms with van der Waals surface area (Å²) in [5.74, 6) is -6.55. The first-order valence-electron chi connectivity index (χ1n) is 25.0. The number of aliphatic hydroxyl groups excluding tert-OH is 4. The van der Waals surface area contributed by atoms with E-state index in [0.717, 1.165) is 27.7 Å². The summed E-state index contributed by atoms with van der Waals surface area (Å²) in [5.41, 5.74) is 0. The van der Waals surface area contributed by atoms with Gasteiger partial charge in [-0.1, -0.05) is 27.7 Å². The largest absolute Gasteiger partial charge is 0.463 e. The van der Waals surface area contributed by atoms with Gasteiger partial charge in [0.2, 0.25) is 30.3 Å². The summed E-state index contributed by atoms with van der Waals surface area (Å²) in [6.45, 7) is 14.2. The zero-order valence-electron chi connectivity index (χ0n) is 45.2. The molecule has 77 heavy (non-hydrogen) atoms. The van der Waals surface area contributed by atoms with Crippen molar-refractivity contribution in [3.05, 3.63) is 0 Å². The van der Waals surface area contributed by atoms with Crippen LogP contribution in [0.2, 0.25) is 0 Å². The first-order chi connectivity index (χ1) is 36.1. The fourth-order valence-corrected chi connectivity index (χ4v) is 7.52. The lowest BCUT2D eigenvalue weighted by molar-refractivity contribution is -0.272. The van der Waals surface area contributed by atoms with E-state index in [1.54, 1.807) is 20.8 Å². The molecule has 0 aliphatic carbocycles. The van der Waals surface area contributed by atoms with Crippen LogP contribution in [0.15, 0.2) is 0 Å². The standard InChI is InChI=1S/C24H39NO10.C16H23NO10.C8H15NO6/c1-6-10-17(27)31-14-16-22(33-18(28)11-7-2)23(34-19(29)12-8-3)21(25-15(5)26)24(32-16)35-20(30)13-9-4;1-7(18)17-13-15(25-10(4)21)14(24-9(3)20)12(6-23-8(2)19)27-16(13)26-11(5)22;1-3(11)9-5-7(13)6(12)4(2-10)15-8(5)14/h16,21-24H,6-14H2,1-5H3,(H,25,26);12-16H,6H2,1-5H3,(H,17,18);4-8,10,12-14H,2H2,1H3,(H,9,11)/t16?,21?,22-,23-,24?;12?,13?,14-,15-,16?;4?,5?,6-,7-,8?/m111/s1. The molecule has 3 saturated heterocycles. The zero-order valence-corrected chi connectivity index (χ0v) is 45.2. The van der Waals surface area contributed by atoms with Crippen LogP contribution in [-0.4, -0.2) is 198 Å². The Bertz CT molecular complexity index is 1970. The average Bonchev–Trinajstić information content (AvgIpc) is 3.31. The minimum Gasteiger partial charge on any atom is -0.463 e. The lowest BCUT2D eigenvalue weighted by Gasteiger charge is -2.44. The van der Waals surface area contributed by atoms with E-state index in [9.17, 15) is 68.1 Å². The smallest absolute Gasteiger partial charge is 0.308 e. The van der Waals surface area contributed by atoms with E-state index in [4.69, 9.17) is 57.2 Å². The number of esters is 8. The topological polar surface area (TPSA) is 406 Å². The Labute approximate surface area is 445 Å². The van der Waals surface area contributed by atoms with Gasteiger partial charge < -0.3 is 88.5 Å². The van der Waals surface area contributed by atoms with Crippen molar-refractivity contribution in [1.29, 1.82) is 0 Å². The van der Waals surface area contributed by atoms with Gasteiger partial charge in [-0.2, -0.15) is 0 Å². The van der Waals surface area contributed by atoms with Gasteiger partial charge in [-0.3, -0.25) is 52.7 Å². The van der Waals surface area contributed by atoms with Gasteiger partial charge in [-0.25, -0.2) is 0 Å². The fourth-order valence-electron chi connectivity index (χ4n) is 7.52. The van der Waals surface area contributed by atoms with E-state index in [-0.39, 0.29) is 38.9 Å². The maximum Gasteiger partial charge on any atom is 0.308 e. The number of carbonyl (C=O) groups is 11. The fraction of sp³-hybridized carbons (Fsp3) is 0.771. The molecule has 15 atom stereocenters. The van der Waals surface area contributed by atoms with Crippen molar-refractivity contribution in [2.24, 2.45) is 0 Å². The molecule has 9 unspecified atom stereocenters. The van der Waals surface area contributed by atoms with Crippen LogP contribution in [0, 0.1) is 0 Å². The summed E-state index contributed by atoms with van der Waals surface area (Å²) in [7, 11) is 0. The van der Waals surface area contributed by atoms with Crippen LogP contribution in [0.4, 0.5) is 0 Å². The summed E-state index contributed by atoms with van der Waals surface area (Å²) in [4.78, 5) is 129. The van der Waals surface area contributed by atoms with Crippen LogP contribution < -0.4 is 16.0 Å². The summed E-state index contributed by atoms with van der Waals surface area (Å²) in [5, 5.41) is 44.5. The van der Waals surface area contributed by atoms with Crippen molar-refractivity contribution in [2.45, 2.75) is 219 Å². The molecule has 3 fully saturated rings. The molecule has 0 saturated carbocycles. The Kier molecular flexibility index (Phi) is 31.6. The molecular formula is C48H77N3O26. The first-order valence-corrected chi connectivity index (χ1v) is 25.0. The number of hydrogen-bond acceptors (Lipinski definition) is 26. The molecule has 0 spiro atoms. The molecule has 7 N–H and O–H groups in total. The molecule has 3 aliphatic rings. The second-order valence-corrected chi connectivity index (χ2v) is 17.6. The predicted molar refractivity (Wildman–Crippen MR) is 256 cm³/mol. The zero-order chi connectivity index (χ0) is 58.7. The molecule has 3 rings (SSSR count). The molecule has 0 aromatic rings. The third-order valence-corrected chi connectivity index (χ3v) is 10.6. The van der Waals surface area contributed by atoms with Crippen molar-refractivity contribution >= 4 is 65.5 Å². The Hall–Kier alpha value is -6.11. The van der Waals surface area contributed by atoms with Gasteiger partial charge in [0.1, 0.15) is 61.9 Å². The molecule has 0 radical (unpaired) electrons. The highest BCUT2D eigenvalue weighted by atomic mass is 16.7. The van der Waals surface area contributed by atoms with E-state index < -0.39 is 164 Å². The summed E-state index contributed by atoms with van der Waals surface area (Å²) in [6, 6.07) is -3.41. The van der Waals surface area contributed by atoms with E-state index in [1.165, 1.54) is 20.8 Å². The third-order valence-electron chi connectivity index (χ3n) is 10.6. The molecule has 0 aromatic heterocycles. The molecular weight excluding hydrogens is 1030 g/mol. The highest BCUT2D eigenvalue weighted by Gasteiger charge is 2.54. The van der Waals surface area contributed by atoms with E-state index in [2.05, 4.69) is 16.0 Å². The van der Waals surface area contributed by atoms with Crippen LogP contribution in [-0.2, 0) is 105 Å². The van der Waals surface area contributed by atoms with Crippen LogP contribution in [0.3, 0.4) is 0 Å². The lowest BCUT2D eigenvalue weighted by Crippen LogP contribution is -2.67. The number of hydrogen-bond donors (Lipinski definition) is 7. The maximum absolute atomic E-state index is 12.5. The molecule has 0 bridgehead atoms. The van der Waals surface area contributed by atoms with E-state index >= 15 is 0 Å². The normalized spacial score (nSPS) is 28.3. The number of nitrogens with one attached hydrogen (secondary N) is 3. The Morgan fingerprint density at radius 1 is 0.403 bits per heavy atom.